The largest absolute Gasteiger partial charge is 0.416 e. The van der Waals surface area contributed by atoms with Crippen molar-refractivity contribution in [1.82, 2.24) is 9.62 Å². The summed E-state index contributed by atoms with van der Waals surface area (Å²) in [7, 11) is -4.19. The van der Waals surface area contributed by atoms with Crippen LogP contribution < -0.4 is 4.72 Å². The van der Waals surface area contributed by atoms with E-state index in [0.29, 0.717) is 18.4 Å². The van der Waals surface area contributed by atoms with Crippen molar-refractivity contribution in [2.45, 2.75) is 64.7 Å². The molecule has 1 saturated carbocycles. The van der Waals surface area contributed by atoms with E-state index >= 15 is 0 Å². The van der Waals surface area contributed by atoms with Gasteiger partial charge in [-0.05, 0) is 53.9 Å². The molecule has 4 atom stereocenters. The minimum atomic E-state index is -4.56. The third-order valence-electron chi connectivity index (χ3n) is 6.70. The summed E-state index contributed by atoms with van der Waals surface area (Å²) in [6, 6.07) is 2.24. The molecule has 2 aliphatic rings. The van der Waals surface area contributed by atoms with Gasteiger partial charge in [-0.15, -0.1) is 0 Å². The van der Waals surface area contributed by atoms with Crippen molar-refractivity contribution in [3.63, 3.8) is 0 Å². The molecule has 0 unspecified atom stereocenters. The Kier molecular flexibility index (Phi) is 5.34. The zero-order valence-electron chi connectivity index (χ0n) is 18.0. The van der Waals surface area contributed by atoms with Gasteiger partial charge in [0.2, 0.25) is 15.9 Å². The number of carbonyl (C=O) groups excluding carboxylic acids is 1. The highest BCUT2D eigenvalue weighted by molar-refractivity contribution is 7.89. The van der Waals surface area contributed by atoms with Gasteiger partial charge in [0.05, 0.1) is 10.5 Å². The summed E-state index contributed by atoms with van der Waals surface area (Å²) in [5.41, 5.74) is -1.47. The lowest BCUT2D eigenvalue weighted by molar-refractivity contribution is -0.138. The second kappa shape index (κ2) is 6.95. The number of sulfonamides is 1. The number of carbonyl (C=O) groups is 1. The van der Waals surface area contributed by atoms with E-state index in [0.717, 1.165) is 24.3 Å². The van der Waals surface area contributed by atoms with E-state index < -0.39 is 33.2 Å². The molecule has 30 heavy (non-hydrogen) atoms. The number of likely N-dealkylation sites (tertiary alicyclic amines) is 1. The van der Waals surface area contributed by atoms with Gasteiger partial charge in [0, 0.05) is 12.6 Å². The second-order valence-electron chi connectivity index (χ2n) is 10.1. The van der Waals surface area contributed by atoms with Crippen LogP contribution in [0.25, 0.3) is 0 Å². The first kappa shape index (κ1) is 23.1. The number of fused-ring (bicyclic) bond motifs is 1. The molecule has 3 rings (SSSR count). The average molecular weight is 447 g/mol. The van der Waals surface area contributed by atoms with Gasteiger partial charge in [-0.25, -0.2) is 8.42 Å². The Hall–Kier alpha value is -1.61. The normalized spacial score (nSPS) is 27.0. The number of benzene rings is 1. The lowest BCUT2D eigenvalue weighted by Gasteiger charge is -2.37. The molecule has 2 fully saturated rings. The maximum absolute atomic E-state index is 13.3. The van der Waals surface area contributed by atoms with E-state index in [1.807, 2.05) is 6.92 Å². The Morgan fingerprint density at radius 1 is 1.17 bits per heavy atom. The Labute approximate surface area is 176 Å². The van der Waals surface area contributed by atoms with Crippen LogP contribution in [0.15, 0.2) is 29.2 Å². The molecular weight excluding hydrogens is 417 g/mol. The Morgan fingerprint density at radius 3 is 2.10 bits per heavy atom. The highest BCUT2D eigenvalue weighted by Gasteiger charge is 2.66. The van der Waals surface area contributed by atoms with Crippen molar-refractivity contribution in [3.05, 3.63) is 29.8 Å². The van der Waals surface area contributed by atoms with E-state index in [9.17, 15) is 26.4 Å². The van der Waals surface area contributed by atoms with E-state index in [1.54, 1.807) is 25.7 Å². The summed E-state index contributed by atoms with van der Waals surface area (Å²) in [6.45, 7) is 12.2. The molecule has 0 aromatic heterocycles. The van der Waals surface area contributed by atoms with Gasteiger partial charge in [0.15, 0.2) is 0 Å². The molecule has 5 nitrogen and oxygen atoms in total. The number of rotatable bonds is 4. The van der Waals surface area contributed by atoms with Crippen molar-refractivity contribution in [3.8, 4) is 0 Å². The zero-order chi connectivity index (χ0) is 22.9. The van der Waals surface area contributed by atoms with Gasteiger partial charge in [0.1, 0.15) is 6.04 Å². The molecule has 1 amide bonds. The van der Waals surface area contributed by atoms with Crippen LogP contribution in [0.5, 0.6) is 0 Å². The fourth-order valence-corrected chi connectivity index (χ4v) is 6.16. The van der Waals surface area contributed by atoms with Crippen LogP contribution in [0, 0.1) is 22.7 Å². The molecular formula is C21H29F3N2O3S. The van der Waals surface area contributed by atoms with E-state index in [4.69, 9.17) is 0 Å². The molecule has 1 N–H and O–H groups in total. The highest BCUT2D eigenvalue weighted by Crippen LogP contribution is 2.64. The summed E-state index contributed by atoms with van der Waals surface area (Å²) in [4.78, 5) is 14.8. The number of nitrogens with zero attached hydrogens (tertiary/aromatic N) is 1. The van der Waals surface area contributed by atoms with Crippen LogP contribution >= 0.6 is 0 Å². The van der Waals surface area contributed by atoms with Gasteiger partial charge < -0.3 is 4.90 Å². The maximum Gasteiger partial charge on any atom is 0.416 e. The summed E-state index contributed by atoms with van der Waals surface area (Å²) < 4.78 is 66.5. The first-order valence-electron chi connectivity index (χ1n) is 9.98. The van der Waals surface area contributed by atoms with Gasteiger partial charge in [-0.1, -0.05) is 34.6 Å². The van der Waals surface area contributed by atoms with Crippen molar-refractivity contribution in [2.24, 2.45) is 22.7 Å². The minimum absolute atomic E-state index is 0.0120. The van der Waals surface area contributed by atoms with Crippen LogP contribution in [0.2, 0.25) is 0 Å². The number of hydrogen-bond donors (Lipinski definition) is 1. The predicted molar refractivity (Wildman–Crippen MR) is 107 cm³/mol. The van der Waals surface area contributed by atoms with Gasteiger partial charge in [-0.2, -0.15) is 17.9 Å². The van der Waals surface area contributed by atoms with Crippen LogP contribution in [0.3, 0.4) is 0 Å². The predicted octanol–water partition coefficient (Wildman–Crippen LogP) is 3.90. The lowest BCUT2D eigenvalue weighted by atomic mass is 9.86. The minimum Gasteiger partial charge on any atom is -0.338 e. The quantitative estimate of drug-likeness (QED) is 0.763. The summed E-state index contributed by atoms with van der Waals surface area (Å²) in [6.07, 6.45) is -4.56. The zero-order valence-corrected chi connectivity index (χ0v) is 18.9. The van der Waals surface area contributed by atoms with Gasteiger partial charge >= 0.3 is 6.18 Å². The summed E-state index contributed by atoms with van der Waals surface area (Å²) >= 11 is 0. The molecule has 1 aliphatic heterocycles. The fraction of sp³-hybridized carbons (Fsp3) is 0.667. The van der Waals surface area contributed by atoms with Crippen LogP contribution in [0.1, 0.15) is 47.1 Å². The maximum atomic E-state index is 13.3. The van der Waals surface area contributed by atoms with Crippen LogP contribution in [-0.2, 0) is 21.0 Å². The number of alkyl halides is 3. The Morgan fingerprint density at radius 2 is 1.70 bits per heavy atom. The molecule has 0 spiro atoms. The molecule has 9 heteroatoms. The number of amides is 1. The van der Waals surface area contributed by atoms with Crippen molar-refractivity contribution < 1.29 is 26.4 Å². The van der Waals surface area contributed by atoms with Crippen LogP contribution in [0.4, 0.5) is 13.2 Å². The molecule has 1 aliphatic carbocycles. The molecule has 1 aromatic carbocycles. The third kappa shape index (κ3) is 3.98. The highest BCUT2D eigenvalue weighted by atomic mass is 32.2. The van der Waals surface area contributed by atoms with E-state index in [1.165, 1.54) is 0 Å². The lowest BCUT2D eigenvalue weighted by Crippen LogP contribution is -2.56. The average Bonchev–Trinajstić information content (AvgIpc) is 2.93. The Bertz CT molecular complexity index is 934. The van der Waals surface area contributed by atoms with Gasteiger partial charge in [0.25, 0.3) is 0 Å². The van der Waals surface area contributed by atoms with E-state index in [-0.39, 0.29) is 22.3 Å². The van der Waals surface area contributed by atoms with Crippen molar-refractivity contribution in [1.29, 1.82) is 0 Å². The first-order valence-corrected chi connectivity index (χ1v) is 11.5. The second-order valence-corrected chi connectivity index (χ2v) is 11.8. The van der Waals surface area contributed by atoms with Crippen molar-refractivity contribution >= 4 is 15.9 Å². The van der Waals surface area contributed by atoms with E-state index in [2.05, 4.69) is 18.6 Å². The molecule has 168 valence electrons. The number of halogens is 3. The smallest absolute Gasteiger partial charge is 0.338 e. The number of hydrogen-bond acceptors (Lipinski definition) is 3. The number of piperidine rings is 1. The Balaban J connectivity index is 1.82. The van der Waals surface area contributed by atoms with Crippen molar-refractivity contribution in [2.75, 3.05) is 6.54 Å². The molecule has 1 heterocycles. The summed E-state index contributed by atoms with van der Waals surface area (Å²) in [5.74, 6) is 0.505. The van der Waals surface area contributed by atoms with Crippen LogP contribution in [-0.4, -0.2) is 37.9 Å². The summed E-state index contributed by atoms with van der Waals surface area (Å²) in [5, 5.41) is 0. The topological polar surface area (TPSA) is 66.5 Å². The standard InChI is InChI=1S/C21H29F3N2O3S/c1-12-16-15(20(16,5)6)11-26(12)18(27)17(19(2,3)4)25-30(28,29)14-9-7-13(8-10-14)21(22,23)24/h7-10,12,15-17,25H,11H2,1-6H3/t12-,15+,16-,17-/m1/s1. The fourth-order valence-electron chi connectivity index (χ4n) is 4.77. The number of nitrogens with one attached hydrogen (secondary N) is 1. The SMILES string of the molecule is C[C@@H]1[C@@H]2[C@H](CN1C(=O)[C@@H](NS(=O)(=O)c1ccc(C(F)(F)F)cc1)C(C)(C)C)C2(C)C. The molecule has 1 aromatic rings. The first-order chi connectivity index (χ1) is 13.5. The monoisotopic (exact) mass is 446 g/mol. The molecule has 0 radical (unpaired) electrons. The molecule has 0 bridgehead atoms. The third-order valence-corrected chi connectivity index (χ3v) is 8.14. The molecule has 1 saturated heterocycles. The van der Waals surface area contributed by atoms with Gasteiger partial charge in [-0.3, -0.25) is 4.79 Å².